The van der Waals surface area contributed by atoms with Crippen LogP contribution in [0.4, 0.5) is 5.69 Å². The van der Waals surface area contributed by atoms with Crippen LogP contribution in [0.1, 0.15) is 24.2 Å². The van der Waals surface area contributed by atoms with Gasteiger partial charge in [0.15, 0.2) is 0 Å². The molecule has 1 aromatic heterocycles. The first-order valence-electron chi connectivity index (χ1n) is 8.86. The summed E-state index contributed by atoms with van der Waals surface area (Å²) in [5.41, 5.74) is 2.37. The Morgan fingerprint density at radius 2 is 1.69 bits per heavy atom. The first-order chi connectivity index (χ1) is 13.8. The highest BCUT2D eigenvalue weighted by atomic mass is 16.7. The van der Waals surface area contributed by atoms with Crippen LogP contribution >= 0.6 is 0 Å². The number of nitrogens with zero attached hydrogens (tertiary/aromatic N) is 2. The zero-order valence-electron chi connectivity index (χ0n) is 16.0. The van der Waals surface area contributed by atoms with Gasteiger partial charge in [-0.3, -0.25) is 14.7 Å². The molecular formula is C21H18N2O6. The van der Waals surface area contributed by atoms with Gasteiger partial charge in [0.1, 0.15) is 11.3 Å². The number of non-ortho nitro benzene ring substituents is 1. The molecule has 8 heteroatoms. The maximum absolute atomic E-state index is 12.5. The molecule has 2 heterocycles. The predicted octanol–water partition coefficient (Wildman–Crippen LogP) is 4.35. The fourth-order valence-corrected chi connectivity index (χ4v) is 3.23. The summed E-state index contributed by atoms with van der Waals surface area (Å²) in [6.07, 6.45) is 0. The minimum absolute atomic E-state index is 0.0265. The van der Waals surface area contributed by atoms with Crippen LogP contribution in [0.25, 0.3) is 16.9 Å². The summed E-state index contributed by atoms with van der Waals surface area (Å²) < 4.78 is 18.3. The number of carbonyl (C=O) groups excluding carboxylic acids is 1. The molecule has 1 aliphatic heterocycles. The van der Waals surface area contributed by atoms with Crippen LogP contribution in [0.2, 0.25) is 0 Å². The topological polar surface area (TPSA) is 92.8 Å². The molecule has 148 valence electrons. The Morgan fingerprint density at radius 1 is 1.03 bits per heavy atom. The van der Waals surface area contributed by atoms with Gasteiger partial charge in [0.25, 0.3) is 11.5 Å². The number of hydrogen-bond acceptors (Lipinski definition) is 6. The molecule has 2 aromatic carbocycles. The lowest BCUT2D eigenvalue weighted by Crippen LogP contribution is -2.39. The number of methoxy groups -OCH3 is 1. The number of fused-ring (bicyclic) bond motifs is 1. The molecule has 0 saturated carbocycles. The Labute approximate surface area is 166 Å². The zero-order valence-corrected chi connectivity index (χ0v) is 16.0. The van der Waals surface area contributed by atoms with Crippen molar-refractivity contribution in [1.82, 2.24) is 4.57 Å². The highest BCUT2D eigenvalue weighted by Crippen LogP contribution is 2.40. The van der Waals surface area contributed by atoms with Crippen LogP contribution in [-0.2, 0) is 4.74 Å². The van der Waals surface area contributed by atoms with Crippen molar-refractivity contribution in [1.29, 1.82) is 0 Å². The number of esters is 1. The number of benzene rings is 2. The van der Waals surface area contributed by atoms with Gasteiger partial charge >= 0.3 is 5.97 Å². The summed E-state index contributed by atoms with van der Waals surface area (Å²) in [6.45, 7) is 3.29. The lowest BCUT2D eigenvalue weighted by Gasteiger charge is -2.31. The Kier molecular flexibility index (Phi) is 4.26. The van der Waals surface area contributed by atoms with Crippen LogP contribution in [0.3, 0.4) is 0 Å². The van der Waals surface area contributed by atoms with E-state index in [4.69, 9.17) is 14.2 Å². The van der Waals surface area contributed by atoms with Gasteiger partial charge in [-0.1, -0.05) is 0 Å². The van der Waals surface area contributed by atoms with E-state index in [2.05, 4.69) is 0 Å². The summed E-state index contributed by atoms with van der Waals surface area (Å²) in [6, 6.07) is 15.1. The highest BCUT2D eigenvalue weighted by molar-refractivity contribution is 5.95. The number of aromatic nitrogens is 1. The first kappa shape index (κ1) is 18.5. The minimum Gasteiger partial charge on any atom is -0.497 e. The molecule has 0 saturated heterocycles. The van der Waals surface area contributed by atoms with Crippen molar-refractivity contribution in [3.8, 4) is 28.6 Å². The number of carbonyl (C=O) groups is 1. The monoisotopic (exact) mass is 394 g/mol. The predicted molar refractivity (Wildman–Crippen MR) is 105 cm³/mol. The first-order valence-corrected chi connectivity index (χ1v) is 8.86. The van der Waals surface area contributed by atoms with E-state index in [0.29, 0.717) is 23.0 Å². The molecule has 0 spiro atoms. The van der Waals surface area contributed by atoms with Crippen molar-refractivity contribution in [2.75, 3.05) is 7.11 Å². The number of nitro groups is 1. The normalized spacial score (nSPS) is 14.5. The third-order valence-corrected chi connectivity index (χ3v) is 4.56. The number of nitro benzene ring substituents is 1. The summed E-state index contributed by atoms with van der Waals surface area (Å²) in [5, 5.41) is 11.0. The quantitative estimate of drug-likeness (QED) is 0.371. The van der Waals surface area contributed by atoms with E-state index in [1.54, 1.807) is 43.7 Å². The maximum Gasteiger partial charge on any atom is 0.346 e. The van der Waals surface area contributed by atoms with Crippen molar-refractivity contribution >= 4 is 11.7 Å². The van der Waals surface area contributed by atoms with E-state index in [9.17, 15) is 14.9 Å². The van der Waals surface area contributed by atoms with Crippen molar-refractivity contribution in [2.24, 2.45) is 0 Å². The molecule has 29 heavy (non-hydrogen) atoms. The van der Waals surface area contributed by atoms with Crippen LogP contribution in [0.5, 0.6) is 11.6 Å². The van der Waals surface area contributed by atoms with E-state index in [1.807, 2.05) is 24.3 Å². The number of cyclic esters (lactones) is 1. The molecule has 0 fully saturated rings. The van der Waals surface area contributed by atoms with Gasteiger partial charge in [-0.05, 0) is 48.0 Å². The highest BCUT2D eigenvalue weighted by Gasteiger charge is 2.38. The molecule has 0 amide bonds. The molecule has 0 N–H and O–H groups in total. The fourth-order valence-electron chi connectivity index (χ4n) is 3.23. The molecule has 0 atom stereocenters. The Hall–Kier alpha value is -3.81. The van der Waals surface area contributed by atoms with Crippen LogP contribution < -0.4 is 9.47 Å². The van der Waals surface area contributed by atoms with Crippen molar-refractivity contribution < 1.29 is 23.9 Å². The average Bonchev–Trinajstić information content (AvgIpc) is 3.06. The maximum atomic E-state index is 12.5. The molecule has 0 unspecified atom stereocenters. The second kappa shape index (κ2) is 6.66. The van der Waals surface area contributed by atoms with E-state index in [-0.39, 0.29) is 11.3 Å². The van der Waals surface area contributed by atoms with Crippen molar-refractivity contribution in [3.05, 3.63) is 70.3 Å². The molecule has 0 bridgehead atoms. The number of ether oxygens (including phenoxy) is 3. The Bertz CT molecular complexity index is 1100. The average molecular weight is 394 g/mol. The van der Waals surface area contributed by atoms with E-state index in [1.165, 1.54) is 12.1 Å². The molecular weight excluding hydrogens is 376 g/mol. The van der Waals surface area contributed by atoms with Crippen LogP contribution in [0.15, 0.2) is 54.6 Å². The van der Waals surface area contributed by atoms with Gasteiger partial charge in [-0.25, -0.2) is 4.79 Å². The molecule has 3 aromatic rings. The third kappa shape index (κ3) is 3.29. The summed E-state index contributed by atoms with van der Waals surface area (Å²) in [7, 11) is 1.58. The van der Waals surface area contributed by atoms with E-state index < -0.39 is 16.7 Å². The SMILES string of the molecule is COc1ccc(-c2cc3c(n2-c2ccc([N+](=O)[O-])cc2)OC(C)(C)OC3=O)cc1. The van der Waals surface area contributed by atoms with Gasteiger partial charge in [-0.2, -0.15) is 0 Å². The third-order valence-electron chi connectivity index (χ3n) is 4.56. The van der Waals surface area contributed by atoms with E-state index in [0.717, 1.165) is 5.56 Å². The molecule has 0 radical (unpaired) electrons. The second-order valence-corrected chi connectivity index (χ2v) is 6.98. The van der Waals surface area contributed by atoms with Gasteiger partial charge < -0.3 is 14.2 Å². The lowest BCUT2D eigenvalue weighted by molar-refractivity contribution is -0.384. The standard InChI is InChI=1S/C21H18N2O6/c1-21(2)28-19-17(20(24)29-21)12-18(13-4-10-16(27-3)11-5-13)22(19)14-6-8-15(9-7-14)23(25)26/h4-12H,1-3H3. The minimum atomic E-state index is -1.14. The van der Waals surface area contributed by atoms with Gasteiger partial charge in [0, 0.05) is 31.7 Å². The fraction of sp³-hybridized carbons (Fsp3) is 0.190. The smallest absolute Gasteiger partial charge is 0.346 e. The summed E-state index contributed by atoms with van der Waals surface area (Å²) >= 11 is 0. The summed E-state index contributed by atoms with van der Waals surface area (Å²) in [5.74, 6) is -0.612. The van der Waals surface area contributed by atoms with Crippen molar-refractivity contribution in [2.45, 2.75) is 19.6 Å². The largest absolute Gasteiger partial charge is 0.497 e. The molecule has 1 aliphatic rings. The van der Waals surface area contributed by atoms with Crippen LogP contribution in [-0.4, -0.2) is 28.4 Å². The van der Waals surface area contributed by atoms with Crippen molar-refractivity contribution in [3.63, 3.8) is 0 Å². The number of rotatable bonds is 4. The number of hydrogen-bond donors (Lipinski definition) is 0. The Morgan fingerprint density at radius 3 is 2.28 bits per heavy atom. The Balaban J connectivity index is 1.93. The molecule has 8 nitrogen and oxygen atoms in total. The zero-order chi connectivity index (χ0) is 20.8. The lowest BCUT2D eigenvalue weighted by atomic mass is 10.1. The van der Waals surface area contributed by atoms with Crippen LogP contribution in [0, 0.1) is 10.1 Å². The second-order valence-electron chi connectivity index (χ2n) is 6.98. The van der Waals surface area contributed by atoms with Gasteiger partial charge in [0.05, 0.1) is 17.7 Å². The molecule has 4 rings (SSSR count). The van der Waals surface area contributed by atoms with E-state index >= 15 is 0 Å². The summed E-state index contributed by atoms with van der Waals surface area (Å²) in [4.78, 5) is 23.1. The molecule has 0 aliphatic carbocycles. The van der Waals surface area contributed by atoms with Gasteiger partial charge in [-0.15, -0.1) is 0 Å². The van der Waals surface area contributed by atoms with Gasteiger partial charge in [0.2, 0.25) is 5.88 Å².